The SMILES string of the molecule is CCCCCCCCCCCCCCCCCCCCCC(=O)[O-].CCCCCCCCCCCCCCCCCCCCCC(=O)[O-].CCCCCCCCCCCCCCCCCCCCCC(=O)[O-].[Al+3].[Fe]. The van der Waals surface area contributed by atoms with Gasteiger partial charge in [-0.25, -0.2) is 0 Å². The Hall–Kier alpha value is -0.538. The molecule has 440 valence electrons. The summed E-state index contributed by atoms with van der Waals surface area (Å²) in [6.07, 6.45) is 77.2. The molecule has 0 aromatic heterocycles. The largest absolute Gasteiger partial charge is 3.00 e. The molecular weight excluding hydrogens is 972 g/mol. The number of rotatable bonds is 60. The number of carboxylic acids is 3. The molecule has 0 heterocycles. The first-order valence-electron chi connectivity index (χ1n) is 32.9. The van der Waals surface area contributed by atoms with Crippen LogP contribution in [-0.4, -0.2) is 35.3 Å². The zero-order valence-electron chi connectivity index (χ0n) is 50.3. The summed E-state index contributed by atoms with van der Waals surface area (Å²) in [5.41, 5.74) is 0. The van der Waals surface area contributed by atoms with Crippen LogP contribution < -0.4 is 15.3 Å². The number of carbonyl (C=O) groups excluding carboxylic acids is 3. The van der Waals surface area contributed by atoms with Crippen LogP contribution in [0.5, 0.6) is 0 Å². The van der Waals surface area contributed by atoms with E-state index < -0.39 is 17.9 Å². The van der Waals surface area contributed by atoms with Crippen molar-refractivity contribution in [1.29, 1.82) is 0 Å². The maximum atomic E-state index is 10.3. The van der Waals surface area contributed by atoms with E-state index in [0.29, 0.717) is 0 Å². The molecule has 0 aliphatic carbocycles. The zero-order valence-corrected chi connectivity index (χ0v) is 52.6. The molecule has 0 amide bonds. The van der Waals surface area contributed by atoms with Gasteiger partial charge in [0.1, 0.15) is 0 Å². The third-order valence-corrected chi connectivity index (χ3v) is 15.0. The first kappa shape index (κ1) is 82.3. The van der Waals surface area contributed by atoms with Gasteiger partial charge in [-0.3, -0.25) is 0 Å². The van der Waals surface area contributed by atoms with E-state index in [1.165, 1.54) is 327 Å². The molecule has 0 rings (SSSR count). The fourth-order valence-electron chi connectivity index (χ4n) is 10.0. The predicted molar refractivity (Wildman–Crippen MR) is 315 cm³/mol. The van der Waals surface area contributed by atoms with Crippen LogP contribution in [0.3, 0.4) is 0 Å². The van der Waals surface area contributed by atoms with Gasteiger partial charge in [0, 0.05) is 35.0 Å². The summed E-state index contributed by atoms with van der Waals surface area (Å²) in [6, 6.07) is 0. The van der Waals surface area contributed by atoms with Crippen molar-refractivity contribution in [3.05, 3.63) is 0 Å². The Morgan fingerprint density at radius 3 is 0.351 bits per heavy atom. The number of hydrogen-bond donors (Lipinski definition) is 0. The van der Waals surface area contributed by atoms with Crippen LogP contribution in [0.1, 0.15) is 406 Å². The smallest absolute Gasteiger partial charge is 0.550 e. The fraction of sp³-hybridized carbons (Fsp3) is 0.955. The van der Waals surface area contributed by atoms with Gasteiger partial charge in [0.05, 0.1) is 0 Å². The molecule has 0 radical (unpaired) electrons. The molecule has 0 fully saturated rings. The minimum absolute atomic E-state index is 0. The van der Waals surface area contributed by atoms with Crippen LogP contribution in [0, 0.1) is 0 Å². The molecule has 0 aromatic rings. The summed E-state index contributed by atoms with van der Waals surface area (Å²) in [5, 5.41) is 30.8. The van der Waals surface area contributed by atoms with Crippen LogP contribution in [0.25, 0.3) is 0 Å². The molecule has 0 bridgehead atoms. The molecule has 6 nitrogen and oxygen atoms in total. The molecular formula is C66H129AlFeO6. The topological polar surface area (TPSA) is 120 Å². The number of unbranched alkanes of at least 4 members (excludes halogenated alkanes) is 54. The van der Waals surface area contributed by atoms with Crippen molar-refractivity contribution >= 4 is 35.3 Å². The number of aliphatic carboxylic acids is 3. The molecule has 0 spiro atoms. The van der Waals surface area contributed by atoms with Crippen LogP contribution in [-0.2, 0) is 31.5 Å². The van der Waals surface area contributed by atoms with Crippen molar-refractivity contribution in [3.8, 4) is 0 Å². The molecule has 0 atom stereocenters. The van der Waals surface area contributed by atoms with Crippen LogP contribution in [0.15, 0.2) is 0 Å². The number of carbonyl (C=O) groups is 3. The fourth-order valence-corrected chi connectivity index (χ4v) is 10.0. The molecule has 74 heavy (non-hydrogen) atoms. The quantitative estimate of drug-likeness (QED) is 0.0442. The van der Waals surface area contributed by atoms with Gasteiger partial charge in [0.2, 0.25) is 0 Å². The monoisotopic (exact) mass is 1100 g/mol. The van der Waals surface area contributed by atoms with Crippen molar-refractivity contribution in [2.75, 3.05) is 0 Å². The standard InChI is InChI=1S/3C22H44O2.Al.Fe/c3*1-2-3-4-5-6-7-8-9-10-11-12-13-14-15-16-17-18-19-20-21-22(23)24;;/h3*2-21H2,1H3,(H,23,24);;/q;;;+3;/p-3. The molecule has 8 heteroatoms. The summed E-state index contributed by atoms with van der Waals surface area (Å²) >= 11 is 0. The zero-order chi connectivity index (χ0) is 53.2. The summed E-state index contributed by atoms with van der Waals surface area (Å²) in [4.78, 5) is 30.8. The minimum Gasteiger partial charge on any atom is -0.550 e. The predicted octanol–water partition coefficient (Wildman–Crippen LogP) is 19.3. The van der Waals surface area contributed by atoms with Crippen LogP contribution in [0.4, 0.5) is 0 Å². The first-order chi connectivity index (χ1) is 35.3. The summed E-state index contributed by atoms with van der Waals surface area (Å²) in [6.45, 7) is 6.84. The van der Waals surface area contributed by atoms with Gasteiger partial charge in [-0.2, -0.15) is 0 Å². The van der Waals surface area contributed by atoms with Gasteiger partial charge in [-0.05, 0) is 38.5 Å². The van der Waals surface area contributed by atoms with Crippen molar-refractivity contribution in [2.45, 2.75) is 406 Å². The van der Waals surface area contributed by atoms with E-state index >= 15 is 0 Å². The molecule has 0 aromatic carbocycles. The summed E-state index contributed by atoms with van der Waals surface area (Å²) < 4.78 is 0. The minimum atomic E-state index is -0.901. The average molecular weight is 1100 g/mol. The Kier molecular flexibility index (Phi) is 87.8. The second-order valence-electron chi connectivity index (χ2n) is 22.5. The normalized spacial score (nSPS) is 10.7. The maximum Gasteiger partial charge on any atom is 3.00 e. The first-order valence-corrected chi connectivity index (χ1v) is 32.9. The Bertz CT molecular complexity index is 890. The van der Waals surface area contributed by atoms with Crippen molar-refractivity contribution in [3.63, 3.8) is 0 Å². The third-order valence-electron chi connectivity index (χ3n) is 15.0. The maximum absolute atomic E-state index is 10.3. The molecule has 0 aliphatic rings. The summed E-state index contributed by atoms with van der Waals surface area (Å²) in [5.74, 6) is -2.70. The van der Waals surface area contributed by atoms with E-state index in [0.717, 1.165) is 38.5 Å². The second kappa shape index (κ2) is 79.0. The second-order valence-corrected chi connectivity index (χ2v) is 22.5. The van der Waals surface area contributed by atoms with E-state index in [4.69, 9.17) is 0 Å². The van der Waals surface area contributed by atoms with Gasteiger partial charge in [-0.15, -0.1) is 0 Å². The van der Waals surface area contributed by atoms with E-state index in [-0.39, 0.29) is 53.7 Å². The van der Waals surface area contributed by atoms with Gasteiger partial charge in [0.25, 0.3) is 0 Å². The Morgan fingerprint density at radius 2 is 0.270 bits per heavy atom. The Balaban J connectivity index is -0.000000317. The summed E-state index contributed by atoms with van der Waals surface area (Å²) in [7, 11) is 0. The Morgan fingerprint density at radius 1 is 0.189 bits per heavy atom. The van der Waals surface area contributed by atoms with E-state index in [1.807, 2.05) is 0 Å². The van der Waals surface area contributed by atoms with E-state index in [9.17, 15) is 29.7 Å². The number of carboxylic acid groups (broad SMARTS) is 3. The van der Waals surface area contributed by atoms with Gasteiger partial charge < -0.3 is 29.7 Å². The van der Waals surface area contributed by atoms with E-state index in [1.54, 1.807) is 0 Å². The molecule has 0 aliphatic heterocycles. The van der Waals surface area contributed by atoms with Gasteiger partial charge >= 0.3 is 17.4 Å². The van der Waals surface area contributed by atoms with Gasteiger partial charge in [-0.1, -0.05) is 367 Å². The molecule has 0 unspecified atom stereocenters. The Labute approximate surface area is 485 Å². The van der Waals surface area contributed by atoms with Crippen LogP contribution in [0.2, 0.25) is 0 Å². The average Bonchev–Trinajstić information content (AvgIpc) is 3.36. The van der Waals surface area contributed by atoms with Crippen LogP contribution >= 0.6 is 0 Å². The van der Waals surface area contributed by atoms with Crippen molar-refractivity contribution in [1.82, 2.24) is 0 Å². The molecule has 0 saturated heterocycles. The molecule has 0 saturated carbocycles. The third kappa shape index (κ3) is 90.9. The van der Waals surface area contributed by atoms with Crippen molar-refractivity contribution in [2.24, 2.45) is 0 Å². The van der Waals surface area contributed by atoms with E-state index in [2.05, 4.69) is 20.8 Å². The number of hydrogen-bond acceptors (Lipinski definition) is 6. The van der Waals surface area contributed by atoms with Gasteiger partial charge in [0.15, 0.2) is 0 Å². The molecule has 0 N–H and O–H groups in total. The van der Waals surface area contributed by atoms with Crippen molar-refractivity contribution < 1.29 is 46.8 Å².